The summed E-state index contributed by atoms with van der Waals surface area (Å²) in [4.78, 5) is 24.2. The number of carbonyl (C=O) groups excluding carboxylic acids is 2. The first kappa shape index (κ1) is 12.2. The van der Waals surface area contributed by atoms with Crippen LogP contribution >= 0.6 is 0 Å². The minimum Gasteiger partial charge on any atom is -0.317 e. The molecule has 1 saturated heterocycles. The van der Waals surface area contributed by atoms with Crippen LogP contribution in [-0.2, 0) is 9.59 Å². The first-order chi connectivity index (χ1) is 7.25. The SMILES string of the molecule is CCCNCCCN1C(=O)CCCC1=O. The topological polar surface area (TPSA) is 49.4 Å². The van der Waals surface area contributed by atoms with Crippen LogP contribution < -0.4 is 5.32 Å². The highest BCUT2D eigenvalue weighted by Crippen LogP contribution is 2.11. The number of piperidine rings is 1. The van der Waals surface area contributed by atoms with Crippen LogP contribution in [0.5, 0.6) is 0 Å². The molecule has 0 aliphatic carbocycles. The minimum absolute atomic E-state index is 0.00161. The second kappa shape index (κ2) is 6.56. The van der Waals surface area contributed by atoms with Crippen LogP contribution in [0.25, 0.3) is 0 Å². The van der Waals surface area contributed by atoms with Crippen molar-refractivity contribution in [2.24, 2.45) is 0 Å². The third-order valence-electron chi connectivity index (χ3n) is 2.55. The predicted molar refractivity (Wildman–Crippen MR) is 58.3 cm³/mol. The minimum atomic E-state index is 0.00161. The molecule has 4 nitrogen and oxygen atoms in total. The standard InChI is InChI=1S/C11H20N2O2/c1-2-7-12-8-4-9-13-10(14)5-3-6-11(13)15/h12H,2-9H2,1H3. The lowest BCUT2D eigenvalue weighted by Gasteiger charge is -2.24. The zero-order chi connectivity index (χ0) is 11.1. The van der Waals surface area contributed by atoms with E-state index in [1.807, 2.05) is 0 Å². The van der Waals surface area contributed by atoms with Crippen LogP contribution in [0.15, 0.2) is 0 Å². The molecule has 0 saturated carbocycles. The van der Waals surface area contributed by atoms with Gasteiger partial charge in [0.05, 0.1) is 0 Å². The molecule has 1 aliphatic heterocycles. The van der Waals surface area contributed by atoms with Gasteiger partial charge in [0.1, 0.15) is 0 Å². The van der Waals surface area contributed by atoms with Crippen LogP contribution in [0.2, 0.25) is 0 Å². The fraction of sp³-hybridized carbons (Fsp3) is 0.818. The van der Waals surface area contributed by atoms with E-state index in [9.17, 15) is 9.59 Å². The third-order valence-corrected chi connectivity index (χ3v) is 2.55. The Bertz CT molecular complexity index is 213. The van der Waals surface area contributed by atoms with Gasteiger partial charge >= 0.3 is 0 Å². The van der Waals surface area contributed by atoms with Gasteiger partial charge < -0.3 is 5.32 Å². The Morgan fingerprint density at radius 1 is 1.20 bits per heavy atom. The van der Waals surface area contributed by atoms with Gasteiger partial charge in [-0.15, -0.1) is 0 Å². The number of hydrogen-bond acceptors (Lipinski definition) is 3. The maximum atomic E-state index is 11.4. The lowest BCUT2D eigenvalue weighted by molar-refractivity contribution is -0.147. The highest BCUT2D eigenvalue weighted by Gasteiger charge is 2.24. The van der Waals surface area contributed by atoms with Crippen LogP contribution in [0.4, 0.5) is 0 Å². The lowest BCUT2D eigenvalue weighted by Crippen LogP contribution is -2.41. The molecular weight excluding hydrogens is 192 g/mol. The van der Waals surface area contributed by atoms with Gasteiger partial charge in [-0.25, -0.2) is 0 Å². The van der Waals surface area contributed by atoms with Gasteiger partial charge in [0.25, 0.3) is 0 Å². The highest BCUT2D eigenvalue weighted by atomic mass is 16.2. The average Bonchev–Trinajstić information content (AvgIpc) is 2.21. The molecule has 0 atom stereocenters. The van der Waals surface area contributed by atoms with Crippen LogP contribution in [0.3, 0.4) is 0 Å². The van der Waals surface area contributed by atoms with Crippen molar-refractivity contribution in [1.29, 1.82) is 0 Å². The Morgan fingerprint density at radius 2 is 1.87 bits per heavy atom. The van der Waals surface area contributed by atoms with Gasteiger partial charge in [0.15, 0.2) is 0 Å². The molecule has 1 N–H and O–H groups in total. The van der Waals surface area contributed by atoms with E-state index in [1.54, 1.807) is 0 Å². The fourth-order valence-electron chi connectivity index (χ4n) is 1.71. The summed E-state index contributed by atoms with van der Waals surface area (Å²) in [5.74, 6) is 0.00323. The lowest BCUT2D eigenvalue weighted by atomic mass is 10.1. The predicted octanol–water partition coefficient (Wildman–Crippen LogP) is 0.915. The number of hydrogen-bond donors (Lipinski definition) is 1. The molecule has 0 bridgehead atoms. The number of rotatable bonds is 6. The van der Waals surface area contributed by atoms with Crippen LogP contribution in [-0.4, -0.2) is 36.3 Å². The highest BCUT2D eigenvalue weighted by molar-refractivity contribution is 5.97. The largest absolute Gasteiger partial charge is 0.317 e. The summed E-state index contributed by atoms with van der Waals surface area (Å²) in [7, 11) is 0. The number of likely N-dealkylation sites (tertiary alicyclic amines) is 1. The molecule has 1 aliphatic rings. The molecule has 4 heteroatoms. The van der Waals surface area contributed by atoms with Gasteiger partial charge in [0.2, 0.25) is 11.8 Å². The van der Waals surface area contributed by atoms with Crippen molar-refractivity contribution in [3.63, 3.8) is 0 Å². The van der Waals surface area contributed by atoms with Crippen LogP contribution in [0.1, 0.15) is 39.0 Å². The van der Waals surface area contributed by atoms with E-state index >= 15 is 0 Å². The number of nitrogens with one attached hydrogen (secondary N) is 1. The van der Waals surface area contributed by atoms with Crippen LogP contribution in [0, 0.1) is 0 Å². The molecule has 1 rings (SSSR count). The average molecular weight is 212 g/mol. The molecule has 15 heavy (non-hydrogen) atoms. The number of carbonyl (C=O) groups is 2. The summed E-state index contributed by atoms with van der Waals surface area (Å²) in [6.45, 7) is 4.58. The zero-order valence-electron chi connectivity index (χ0n) is 9.42. The van der Waals surface area contributed by atoms with Crippen molar-refractivity contribution in [3.05, 3.63) is 0 Å². The Balaban J connectivity index is 2.18. The molecule has 0 aromatic carbocycles. The van der Waals surface area contributed by atoms with E-state index in [0.29, 0.717) is 19.4 Å². The normalized spacial score (nSPS) is 17.3. The molecule has 1 fully saturated rings. The van der Waals surface area contributed by atoms with E-state index in [-0.39, 0.29) is 11.8 Å². The van der Waals surface area contributed by atoms with Gasteiger partial charge in [-0.3, -0.25) is 14.5 Å². The van der Waals surface area contributed by atoms with E-state index in [0.717, 1.165) is 32.4 Å². The van der Waals surface area contributed by atoms with Crippen molar-refractivity contribution in [2.75, 3.05) is 19.6 Å². The monoisotopic (exact) mass is 212 g/mol. The molecule has 0 spiro atoms. The molecule has 1 heterocycles. The molecule has 0 aromatic heterocycles. The number of amides is 2. The molecule has 0 unspecified atom stereocenters. The summed E-state index contributed by atoms with van der Waals surface area (Å²) in [6, 6.07) is 0. The summed E-state index contributed by atoms with van der Waals surface area (Å²) < 4.78 is 0. The van der Waals surface area contributed by atoms with E-state index in [2.05, 4.69) is 12.2 Å². The molecule has 0 radical (unpaired) electrons. The third kappa shape index (κ3) is 4.00. The molecular formula is C11H20N2O2. The van der Waals surface area contributed by atoms with E-state index < -0.39 is 0 Å². The summed E-state index contributed by atoms with van der Waals surface area (Å²) >= 11 is 0. The second-order valence-corrected chi connectivity index (χ2v) is 3.90. The summed E-state index contributed by atoms with van der Waals surface area (Å²) in [6.07, 6.45) is 3.77. The van der Waals surface area contributed by atoms with Crippen molar-refractivity contribution in [2.45, 2.75) is 39.0 Å². The first-order valence-corrected chi connectivity index (χ1v) is 5.79. The molecule has 2 amide bonds. The summed E-state index contributed by atoms with van der Waals surface area (Å²) in [5.41, 5.74) is 0. The zero-order valence-corrected chi connectivity index (χ0v) is 9.42. The Labute approximate surface area is 91.0 Å². The molecule has 86 valence electrons. The first-order valence-electron chi connectivity index (χ1n) is 5.79. The number of nitrogens with zero attached hydrogens (tertiary/aromatic N) is 1. The van der Waals surface area contributed by atoms with Gasteiger partial charge in [-0.2, -0.15) is 0 Å². The van der Waals surface area contributed by atoms with Crippen molar-refractivity contribution < 1.29 is 9.59 Å². The number of imide groups is 1. The van der Waals surface area contributed by atoms with Crippen molar-refractivity contribution in [3.8, 4) is 0 Å². The Morgan fingerprint density at radius 3 is 2.47 bits per heavy atom. The summed E-state index contributed by atoms with van der Waals surface area (Å²) in [5, 5.41) is 3.26. The van der Waals surface area contributed by atoms with E-state index in [4.69, 9.17) is 0 Å². The van der Waals surface area contributed by atoms with Gasteiger partial charge in [-0.1, -0.05) is 6.92 Å². The molecule has 0 aromatic rings. The maximum Gasteiger partial charge on any atom is 0.229 e. The van der Waals surface area contributed by atoms with E-state index in [1.165, 1.54) is 4.90 Å². The maximum absolute atomic E-state index is 11.4. The Kier molecular flexibility index (Phi) is 5.32. The van der Waals surface area contributed by atoms with Gasteiger partial charge in [0, 0.05) is 19.4 Å². The Hall–Kier alpha value is -0.900. The van der Waals surface area contributed by atoms with Crippen molar-refractivity contribution in [1.82, 2.24) is 10.2 Å². The quantitative estimate of drug-likeness (QED) is 0.526. The fourth-order valence-corrected chi connectivity index (χ4v) is 1.71. The smallest absolute Gasteiger partial charge is 0.229 e. The second-order valence-electron chi connectivity index (χ2n) is 3.90. The van der Waals surface area contributed by atoms with Crippen molar-refractivity contribution >= 4 is 11.8 Å². The van der Waals surface area contributed by atoms with Gasteiger partial charge in [-0.05, 0) is 32.4 Å².